The van der Waals surface area contributed by atoms with E-state index in [-0.39, 0.29) is 24.3 Å². The summed E-state index contributed by atoms with van der Waals surface area (Å²) in [7, 11) is 0. The van der Waals surface area contributed by atoms with Gasteiger partial charge in [0.15, 0.2) is 0 Å². The Balaban J connectivity index is 1.38. The van der Waals surface area contributed by atoms with E-state index >= 15 is 0 Å². The van der Waals surface area contributed by atoms with E-state index in [9.17, 15) is 9.59 Å². The van der Waals surface area contributed by atoms with Gasteiger partial charge in [0.05, 0.1) is 26.6 Å². The SMILES string of the molecule is O=C(NCC(=O)N1CCC[C@@H](c2nc3ccccc3s2)C1)c1cccs1. The van der Waals surface area contributed by atoms with Gasteiger partial charge in [0, 0.05) is 19.0 Å². The van der Waals surface area contributed by atoms with E-state index in [2.05, 4.69) is 11.4 Å². The maximum atomic E-state index is 12.5. The molecule has 2 aromatic heterocycles. The van der Waals surface area contributed by atoms with E-state index in [1.807, 2.05) is 34.5 Å². The summed E-state index contributed by atoms with van der Waals surface area (Å²) in [5.41, 5.74) is 1.03. The van der Waals surface area contributed by atoms with E-state index in [0.29, 0.717) is 11.4 Å². The number of carbonyl (C=O) groups is 2. The van der Waals surface area contributed by atoms with Crippen molar-refractivity contribution in [1.82, 2.24) is 15.2 Å². The lowest BCUT2D eigenvalue weighted by molar-refractivity contribution is -0.131. The highest BCUT2D eigenvalue weighted by atomic mass is 32.1. The van der Waals surface area contributed by atoms with Crippen LogP contribution < -0.4 is 5.32 Å². The van der Waals surface area contributed by atoms with Crippen molar-refractivity contribution in [2.75, 3.05) is 19.6 Å². The van der Waals surface area contributed by atoms with Crippen molar-refractivity contribution in [3.8, 4) is 0 Å². The largest absolute Gasteiger partial charge is 0.342 e. The summed E-state index contributed by atoms with van der Waals surface area (Å²) in [5.74, 6) is 0.0619. The fourth-order valence-electron chi connectivity index (χ4n) is 3.23. The number of piperidine rings is 1. The Hall–Kier alpha value is -2.25. The quantitative estimate of drug-likeness (QED) is 0.748. The minimum atomic E-state index is -0.187. The lowest BCUT2D eigenvalue weighted by Crippen LogP contribution is -2.44. The maximum Gasteiger partial charge on any atom is 0.261 e. The number of hydrogen-bond acceptors (Lipinski definition) is 5. The summed E-state index contributed by atoms with van der Waals surface area (Å²) < 4.78 is 1.19. The maximum absolute atomic E-state index is 12.5. The molecule has 134 valence electrons. The normalized spacial score (nSPS) is 17.4. The van der Waals surface area contributed by atoms with Crippen LogP contribution in [0.25, 0.3) is 10.2 Å². The van der Waals surface area contributed by atoms with Gasteiger partial charge in [-0.15, -0.1) is 22.7 Å². The number of thiophene rings is 1. The van der Waals surface area contributed by atoms with E-state index in [4.69, 9.17) is 4.98 Å². The molecule has 1 aliphatic heterocycles. The van der Waals surface area contributed by atoms with E-state index < -0.39 is 0 Å². The van der Waals surface area contributed by atoms with Crippen molar-refractivity contribution in [2.24, 2.45) is 0 Å². The Kier molecular flexibility index (Phi) is 4.99. The molecule has 1 N–H and O–H groups in total. The minimum Gasteiger partial charge on any atom is -0.342 e. The topological polar surface area (TPSA) is 62.3 Å². The Morgan fingerprint density at radius 2 is 2.12 bits per heavy atom. The van der Waals surface area contributed by atoms with E-state index in [1.54, 1.807) is 17.4 Å². The van der Waals surface area contributed by atoms with Gasteiger partial charge in [-0.3, -0.25) is 9.59 Å². The number of aromatic nitrogens is 1. The van der Waals surface area contributed by atoms with Crippen LogP contribution in [0.5, 0.6) is 0 Å². The van der Waals surface area contributed by atoms with Gasteiger partial charge in [-0.05, 0) is 36.4 Å². The number of thiazole rings is 1. The zero-order valence-electron chi connectivity index (χ0n) is 14.2. The lowest BCUT2D eigenvalue weighted by atomic mass is 9.98. The third-order valence-electron chi connectivity index (χ3n) is 4.58. The highest BCUT2D eigenvalue weighted by Gasteiger charge is 2.27. The smallest absolute Gasteiger partial charge is 0.261 e. The van der Waals surface area contributed by atoms with Gasteiger partial charge in [0.1, 0.15) is 0 Å². The van der Waals surface area contributed by atoms with Crippen molar-refractivity contribution < 1.29 is 9.59 Å². The van der Waals surface area contributed by atoms with Crippen LogP contribution in [0.15, 0.2) is 41.8 Å². The first kappa shape index (κ1) is 17.2. The van der Waals surface area contributed by atoms with Crippen molar-refractivity contribution >= 4 is 44.7 Å². The highest BCUT2D eigenvalue weighted by molar-refractivity contribution is 7.18. The number of amides is 2. The molecule has 0 spiro atoms. The molecule has 1 fully saturated rings. The Morgan fingerprint density at radius 1 is 1.23 bits per heavy atom. The third-order valence-corrected chi connectivity index (χ3v) is 6.65. The second kappa shape index (κ2) is 7.55. The number of rotatable bonds is 4. The molecular formula is C19H19N3O2S2. The van der Waals surface area contributed by atoms with Gasteiger partial charge in [0.2, 0.25) is 5.91 Å². The molecule has 1 saturated heterocycles. The third kappa shape index (κ3) is 3.64. The molecule has 5 nitrogen and oxygen atoms in total. The van der Waals surface area contributed by atoms with Gasteiger partial charge < -0.3 is 10.2 Å². The molecule has 0 unspecified atom stereocenters. The molecule has 1 aliphatic rings. The summed E-state index contributed by atoms with van der Waals surface area (Å²) in [6, 6.07) is 11.7. The zero-order chi connectivity index (χ0) is 17.9. The Morgan fingerprint density at radius 3 is 2.92 bits per heavy atom. The summed E-state index contributed by atoms with van der Waals surface area (Å²) in [6.07, 6.45) is 2.01. The first-order valence-corrected chi connectivity index (χ1v) is 10.4. The summed E-state index contributed by atoms with van der Waals surface area (Å²) in [5, 5.41) is 5.68. The number of para-hydroxylation sites is 1. The molecule has 26 heavy (non-hydrogen) atoms. The van der Waals surface area contributed by atoms with Crippen LogP contribution in [-0.2, 0) is 4.79 Å². The van der Waals surface area contributed by atoms with E-state index in [0.717, 1.165) is 29.9 Å². The first-order chi connectivity index (χ1) is 12.7. The van der Waals surface area contributed by atoms with Crippen LogP contribution in [0, 0.1) is 0 Å². The number of hydrogen-bond donors (Lipinski definition) is 1. The first-order valence-electron chi connectivity index (χ1n) is 8.65. The monoisotopic (exact) mass is 385 g/mol. The molecule has 0 saturated carbocycles. The average molecular weight is 386 g/mol. The van der Waals surface area contributed by atoms with Crippen LogP contribution in [0.2, 0.25) is 0 Å². The lowest BCUT2D eigenvalue weighted by Gasteiger charge is -2.31. The van der Waals surface area contributed by atoms with Crippen LogP contribution in [0.4, 0.5) is 0 Å². The predicted molar refractivity (Wildman–Crippen MR) is 105 cm³/mol. The number of likely N-dealkylation sites (tertiary alicyclic amines) is 1. The predicted octanol–water partition coefficient (Wildman–Crippen LogP) is 3.49. The molecule has 4 rings (SSSR count). The highest BCUT2D eigenvalue weighted by Crippen LogP contribution is 2.32. The fraction of sp³-hybridized carbons (Fsp3) is 0.316. The Bertz CT molecular complexity index is 887. The second-order valence-corrected chi connectivity index (χ2v) is 8.37. The number of benzene rings is 1. The molecule has 0 aliphatic carbocycles. The molecule has 3 heterocycles. The minimum absolute atomic E-state index is 0.0271. The second-order valence-electron chi connectivity index (χ2n) is 6.36. The molecule has 3 aromatic rings. The van der Waals surface area contributed by atoms with Gasteiger partial charge >= 0.3 is 0 Å². The summed E-state index contributed by atoms with van der Waals surface area (Å²) in [4.78, 5) is 31.8. The molecular weight excluding hydrogens is 366 g/mol. The molecule has 2 amide bonds. The van der Waals surface area contributed by atoms with Gasteiger partial charge in [-0.25, -0.2) is 4.98 Å². The van der Waals surface area contributed by atoms with Crippen LogP contribution in [0.1, 0.15) is 33.4 Å². The van der Waals surface area contributed by atoms with Crippen molar-refractivity contribution in [3.63, 3.8) is 0 Å². The summed E-state index contributed by atoms with van der Waals surface area (Å²) in [6.45, 7) is 1.46. The van der Waals surface area contributed by atoms with Gasteiger partial charge in [-0.1, -0.05) is 18.2 Å². The molecule has 1 atom stereocenters. The van der Waals surface area contributed by atoms with Gasteiger partial charge in [0.25, 0.3) is 5.91 Å². The zero-order valence-corrected chi connectivity index (χ0v) is 15.8. The van der Waals surface area contributed by atoms with Crippen molar-refractivity contribution in [1.29, 1.82) is 0 Å². The van der Waals surface area contributed by atoms with Crippen LogP contribution in [0.3, 0.4) is 0 Å². The average Bonchev–Trinajstić information content (AvgIpc) is 3.35. The number of fused-ring (bicyclic) bond motifs is 1. The fourth-order valence-corrected chi connectivity index (χ4v) is 4.97. The number of nitrogens with one attached hydrogen (secondary N) is 1. The van der Waals surface area contributed by atoms with Crippen molar-refractivity contribution in [2.45, 2.75) is 18.8 Å². The van der Waals surface area contributed by atoms with Crippen LogP contribution >= 0.6 is 22.7 Å². The summed E-state index contributed by atoms with van der Waals surface area (Å²) >= 11 is 3.09. The standard InChI is InChI=1S/C19H19N3O2S2/c23-17(11-20-18(24)16-8-4-10-25-16)22-9-3-5-13(12-22)19-21-14-6-1-2-7-15(14)26-19/h1-2,4,6-8,10,13H,3,5,9,11-12H2,(H,20,24)/t13-/m1/s1. The number of nitrogens with zero attached hydrogens (tertiary/aromatic N) is 2. The Labute approximate surface area is 159 Å². The van der Waals surface area contributed by atoms with Crippen molar-refractivity contribution in [3.05, 3.63) is 51.7 Å². The molecule has 1 aromatic carbocycles. The molecule has 0 bridgehead atoms. The van der Waals surface area contributed by atoms with Crippen LogP contribution in [-0.4, -0.2) is 41.3 Å². The number of carbonyl (C=O) groups excluding carboxylic acids is 2. The molecule has 7 heteroatoms. The molecule has 0 radical (unpaired) electrons. The van der Waals surface area contributed by atoms with E-state index in [1.165, 1.54) is 16.0 Å². The van der Waals surface area contributed by atoms with Gasteiger partial charge in [-0.2, -0.15) is 0 Å².